The quantitative estimate of drug-likeness (QED) is 0.622. The SMILES string of the molecule is CCC[C@H]1O[C@@H]1c1ccccc1. The summed E-state index contributed by atoms with van der Waals surface area (Å²) in [5, 5.41) is 0. The number of epoxide rings is 1. The minimum Gasteiger partial charge on any atom is -0.365 e. The Hall–Kier alpha value is -0.820. The zero-order valence-electron chi connectivity index (χ0n) is 7.36. The molecule has 1 aliphatic rings. The molecule has 2 rings (SSSR count). The Balaban J connectivity index is 1.97. The van der Waals surface area contributed by atoms with E-state index in [1.807, 2.05) is 6.07 Å². The van der Waals surface area contributed by atoms with Crippen molar-refractivity contribution >= 4 is 0 Å². The normalized spacial score (nSPS) is 27.1. The van der Waals surface area contributed by atoms with Crippen LogP contribution in [0.15, 0.2) is 30.3 Å². The van der Waals surface area contributed by atoms with Crippen molar-refractivity contribution < 1.29 is 4.74 Å². The van der Waals surface area contributed by atoms with E-state index in [0.29, 0.717) is 12.2 Å². The third-order valence-electron chi connectivity index (χ3n) is 2.28. The fourth-order valence-electron chi connectivity index (χ4n) is 1.58. The molecular formula is C11H14O. The van der Waals surface area contributed by atoms with Crippen molar-refractivity contribution in [3.63, 3.8) is 0 Å². The molecule has 1 heteroatoms. The molecular weight excluding hydrogens is 148 g/mol. The summed E-state index contributed by atoms with van der Waals surface area (Å²) >= 11 is 0. The number of ether oxygens (including phenoxy) is 1. The molecule has 1 saturated heterocycles. The highest BCUT2D eigenvalue weighted by molar-refractivity contribution is 5.22. The standard InChI is InChI=1S/C11H14O/c1-2-6-10-11(12-10)9-7-4-3-5-8-9/h3-5,7-8,10-11H,2,6H2,1H3/t10-,11-/m1/s1. The summed E-state index contributed by atoms with van der Waals surface area (Å²) in [6, 6.07) is 10.5. The van der Waals surface area contributed by atoms with Gasteiger partial charge in [-0.15, -0.1) is 0 Å². The van der Waals surface area contributed by atoms with Gasteiger partial charge in [-0.05, 0) is 12.0 Å². The van der Waals surface area contributed by atoms with Crippen LogP contribution in [0.3, 0.4) is 0 Å². The van der Waals surface area contributed by atoms with E-state index in [1.54, 1.807) is 0 Å². The lowest BCUT2D eigenvalue weighted by molar-refractivity contribution is 0.365. The van der Waals surface area contributed by atoms with E-state index in [4.69, 9.17) is 4.74 Å². The average Bonchev–Trinajstić information content (AvgIpc) is 2.87. The van der Waals surface area contributed by atoms with Crippen molar-refractivity contribution in [2.24, 2.45) is 0 Å². The number of rotatable bonds is 3. The van der Waals surface area contributed by atoms with E-state index in [-0.39, 0.29) is 0 Å². The van der Waals surface area contributed by atoms with Gasteiger partial charge in [-0.25, -0.2) is 0 Å². The second kappa shape index (κ2) is 3.28. The van der Waals surface area contributed by atoms with Crippen molar-refractivity contribution in [3.05, 3.63) is 35.9 Å². The lowest BCUT2D eigenvalue weighted by Gasteiger charge is -1.93. The summed E-state index contributed by atoms with van der Waals surface area (Å²) in [5.74, 6) is 0. The lowest BCUT2D eigenvalue weighted by Crippen LogP contribution is -1.86. The molecule has 0 aromatic heterocycles. The van der Waals surface area contributed by atoms with E-state index in [0.717, 1.165) is 0 Å². The Kier molecular flexibility index (Phi) is 2.13. The maximum atomic E-state index is 5.54. The summed E-state index contributed by atoms with van der Waals surface area (Å²) in [5.41, 5.74) is 1.33. The zero-order chi connectivity index (χ0) is 8.39. The second-order valence-corrected chi connectivity index (χ2v) is 3.29. The van der Waals surface area contributed by atoms with Crippen LogP contribution >= 0.6 is 0 Å². The molecule has 0 spiro atoms. The van der Waals surface area contributed by atoms with Crippen LogP contribution in [0.25, 0.3) is 0 Å². The molecule has 12 heavy (non-hydrogen) atoms. The molecule has 1 fully saturated rings. The molecule has 64 valence electrons. The minimum absolute atomic E-state index is 0.395. The predicted molar refractivity (Wildman–Crippen MR) is 49.0 cm³/mol. The van der Waals surface area contributed by atoms with Gasteiger partial charge in [-0.1, -0.05) is 43.7 Å². The maximum Gasteiger partial charge on any atom is 0.109 e. The van der Waals surface area contributed by atoms with Crippen molar-refractivity contribution in [2.45, 2.75) is 32.0 Å². The molecule has 0 saturated carbocycles. The molecule has 1 heterocycles. The fourth-order valence-corrected chi connectivity index (χ4v) is 1.58. The van der Waals surface area contributed by atoms with E-state index in [2.05, 4.69) is 31.2 Å². The van der Waals surface area contributed by atoms with Crippen LogP contribution in [0, 0.1) is 0 Å². The van der Waals surface area contributed by atoms with E-state index < -0.39 is 0 Å². The molecule has 2 atom stereocenters. The van der Waals surface area contributed by atoms with Crippen molar-refractivity contribution in [1.29, 1.82) is 0 Å². The first-order chi connectivity index (χ1) is 5.92. The molecule has 0 bridgehead atoms. The van der Waals surface area contributed by atoms with Crippen LogP contribution in [0.5, 0.6) is 0 Å². The first-order valence-electron chi connectivity index (χ1n) is 4.62. The van der Waals surface area contributed by atoms with Crippen molar-refractivity contribution in [3.8, 4) is 0 Å². The predicted octanol–water partition coefficient (Wildman–Crippen LogP) is 2.93. The molecule has 0 unspecified atom stereocenters. The van der Waals surface area contributed by atoms with Crippen LogP contribution in [0.1, 0.15) is 31.4 Å². The van der Waals surface area contributed by atoms with Crippen LogP contribution in [-0.4, -0.2) is 6.10 Å². The summed E-state index contributed by atoms with van der Waals surface area (Å²) in [6.07, 6.45) is 3.30. The number of hydrogen-bond acceptors (Lipinski definition) is 1. The largest absolute Gasteiger partial charge is 0.365 e. The molecule has 1 aliphatic heterocycles. The molecule has 0 amide bonds. The van der Waals surface area contributed by atoms with Gasteiger partial charge in [-0.2, -0.15) is 0 Å². The first kappa shape index (κ1) is 7.81. The summed E-state index contributed by atoms with van der Waals surface area (Å²) in [7, 11) is 0. The van der Waals surface area contributed by atoms with Gasteiger partial charge in [0.05, 0.1) is 6.10 Å². The van der Waals surface area contributed by atoms with Crippen LogP contribution in [0.4, 0.5) is 0 Å². The van der Waals surface area contributed by atoms with Gasteiger partial charge in [0.1, 0.15) is 6.10 Å². The zero-order valence-corrected chi connectivity index (χ0v) is 7.36. The van der Waals surface area contributed by atoms with Gasteiger partial charge in [0.25, 0.3) is 0 Å². The highest BCUT2D eigenvalue weighted by Crippen LogP contribution is 2.40. The van der Waals surface area contributed by atoms with Gasteiger partial charge in [-0.3, -0.25) is 0 Å². The number of hydrogen-bond donors (Lipinski definition) is 0. The monoisotopic (exact) mass is 162 g/mol. The second-order valence-electron chi connectivity index (χ2n) is 3.29. The van der Waals surface area contributed by atoms with Gasteiger partial charge in [0, 0.05) is 0 Å². The lowest BCUT2D eigenvalue weighted by atomic mass is 10.1. The summed E-state index contributed by atoms with van der Waals surface area (Å²) in [4.78, 5) is 0. The van der Waals surface area contributed by atoms with Crippen molar-refractivity contribution in [1.82, 2.24) is 0 Å². The Labute approximate surface area is 73.4 Å². The molecule has 0 radical (unpaired) electrons. The summed E-state index contributed by atoms with van der Waals surface area (Å²) in [6.45, 7) is 2.20. The number of benzene rings is 1. The Morgan fingerprint density at radius 1 is 1.25 bits per heavy atom. The summed E-state index contributed by atoms with van der Waals surface area (Å²) < 4.78 is 5.54. The fraction of sp³-hybridized carbons (Fsp3) is 0.455. The van der Waals surface area contributed by atoms with E-state index in [1.165, 1.54) is 18.4 Å². The van der Waals surface area contributed by atoms with Gasteiger partial charge in [0.2, 0.25) is 0 Å². The van der Waals surface area contributed by atoms with E-state index in [9.17, 15) is 0 Å². The topological polar surface area (TPSA) is 12.5 Å². The Bertz CT molecular complexity index is 242. The highest BCUT2D eigenvalue weighted by Gasteiger charge is 2.38. The van der Waals surface area contributed by atoms with Gasteiger partial charge < -0.3 is 4.74 Å². The van der Waals surface area contributed by atoms with Crippen LogP contribution in [-0.2, 0) is 4.74 Å². The molecule has 1 nitrogen and oxygen atoms in total. The molecule has 0 aliphatic carbocycles. The molecule has 0 N–H and O–H groups in total. The van der Waals surface area contributed by atoms with E-state index >= 15 is 0 Å². The van der Waals surface area contributed by atoms with Crippen LogP contribution in [0.2, 0.25) is 0 Å². The maximum absolute atomic E-state index is 5.54. The Morgan fingerprint density at radius 2 is 2.00 bits per heavy atom. The van der Waals surface area contributed by atoms with Crippen LogP contribution < -0.4 is 0 Å². The van der Waals surface area contributed by atoms with Gasteiger partial charge >= 0.3 is 0 Å². The average molecular weight is 162 g/mol. The molecule has 1 aromatic rings. The van der Waals surface area contributed by atoms with Gasteiger partial charge in [0.15, 0.2) is 0 Å². The molecule has 1 aromatic carbocycles. The third kappa shape index (κ3) is 1.51. The third-order valence-corrected chi connectivity index (χ3v) is 2.28. The Morgan fingerprint density at radius 3 is 2.67 bits per heavy atom. The highest BCUT2D eigenvalue weighted by atomic mass is 16.6. The first-order valence-corrected chi connectivity index (χ1v) is 4.62. The smallest absolute Gasteiger partial charge is 0.109 e. The van der Waals surface area contributed by atoms with Crippen molar-refractivity contribution in [2.75, 3.05) is 0 Å². The minimum atomic E-state index is 0.395.